The summed E-state index contributed by atoms with van der Waals surface area (Å²) in [5.41, 5.74) is 2.87. The number of hydrogen-bond acceptors (Lipinski definition) is 3. The first-order valence-corrected chi connectivity index (χ1v) is 11.8. The summed E-state index contributed by atoms with van der Waals surface area (Å²) in [5, 5.41) is 4.97. The van der Waals surface area contributed by atoms with Crippen molar-refractivity contribution >= 4 is 29.0 Å². The molecule has 0 spiro atoms. The van der Waals surface area contributed by atoms with Gasteiger partial charge in [0.2, 0.25) is 5.91 Å². The zero-order valence-corrected chi connectivity index (χ0v) is 19.8. The smallest absolute Gasteiger partial charge is 0.322 e. The van der Waals surface area contributed by atoms with Gasteiger partial charge in [-0.3, -0.25) is 4.79 Å². The maximum atomic E-state index is 13.4. The first kappa shape index (κ1) is 23.5. The van der Waals surface area contributed by atoms with Crippen LogP contribution in [-0.4, -0.2) is 34.3 Å². The molecule has 0 saturated heterocycles. The summed E-state index contributed by atoms with van der Waals surface area (Å²) in [6.45, 7) is 7.05. The van der Waals surface area contributed by atoms with Crippen LogP contribution < -0.4 is 5.32 Å². The van der Waals surface area contributed by atoms with E-state index in [0.29, 0.717) is 13.1 Å². The predicted octanol–water partition coefficient (Wildman–Crippen LogP) is 5.92. The lowest BCUT2D eigenvalue weighted by Gasteiger charge is -2.31. The minimum atomic E-state index is -0.255. The van der Waals surface area contributed by atoms with E-state index in [0.717, 1.165) is 28.1 Å². The lowest BCUT2D eigenvalue weighted by molar-refractivity contribution is -0.133. The zero-order valence-electron chi connectivity index (χ0n) is 19.0. The van der Waals surface area contributed by atoms with E-state index in [1.165, 1.54) is 0 Å². The van der Waals surface area contributed by atoms with Crippen LogP contribution in [0.1, 0.15) is 36.3 Å². The van der Waals surface area contributed by atoms with Crippen LogP contribution in [0.25, 0.3) is 0 Å². The Balaban J connectivity index is 1.76. The van der Waals surface area contributed by atoms with Gasteiger partial charge in [-0.2, -0.15) is 0 Å². The molecule has 2 aromatic carbocycles. The minimum Gasteiger partial charge on any atom is -0.332 e. The molecule has 3 amide bonds. The van der Waals surface area contributed by atoms with Gasteiger partial charge in [-0.25, -0.2) is 4.79 Å². The second kappa shape index (κ2) is 11.5. The van der Waals surface area contributed by atoms with E-state index in [-0.39, 0.29) is 24.5 Å². The van der Waals surface area contributed by atoms with E-state index >= 15 is 0 Å². The predicted molar refractivity (Wildman–Crippen MR) is 132 cm³/mol. The molecule has 1 aromatic heterocycles. The summed E-state index contributed by atoms with van der Waals surface area (Å²) in [6, 6.07) is 21.3. The number of carbonyl (C=O) groups is 2. The number of hydrogen-bond donors (Lipinski definition) is 1. The number of anilines is 1. The van der Waals surface area contributed by atoms with E-state index in [9.17, 15) is 9.59 Å². The van der Waals surface area contributed by atoms with Crippen LogP contribution in [0.3, 0.4) is 0 Å². The fourth-order valence-electron chi connectivity index (χ4n) is 3.44. The second-order valence-electron chi connectivity index (χ2n) is 8.00. The molecule has 0 aliphatic rings. The Morgan fingerprint density at radius 1 is 1.00 bits per heavy atom. The fraction of sp³-hybridized carbons (Fsp3) is 0.308. The molecule has 0 fully saturated rings. The van der Waals surface area contributed by atoms with Gasteiger partial charge in [-0.15, -0.1) is 11.3 Å². The van der Waals surface area contributed by atoms with Gasteiger partial charge >= 0.3 is 6.03 Å². The monoisotopic (exact) mass is 449 g/mol. The van der Waals surface area contributed by atoms with Crippen molar-refractivity contribution in [1.29, 1.82) is 0 Å². The highest BCUT2D eigenvalue weighted by Crippen LogP contribution is 2.17. The fourth-order valence-corrected chi connectivity index (χ4v) is 4.16. The summed E-state index contributed by atoms with van der Waals surface area (Å²) in [6.07, 6.45) is 0.762. The summed E-state index contributed by atoms with van der Waals surface area (Å²) in [5.74, 6) is -0.0676. The molecular formula is C26H31N3O2S. The van der Waals surface area contributed by atoms with Gasteiger partial charge in [0, 0.05) is 23.2 Å². The molecule has 0 saturated carbocycles. The Morgan fingerprint density at radius 3 is 2.44 bits per heavy atom. The Bertz CT molecular complexity index is 1000. The first-order chi connectivity index (χ1) is 15.5. The van der Waals surface area contributed by atoms with E-state index < -0.39 is 0 Å². The molecule has 1 atom stereocenters. The van der Waals surface area contributed by atoms with Crippen molar-refractivity contribution in [1.82, 2.24) is 9.80 Å². The highest BCUT2D eigenvalue weighted by atomic mass is 32.1. The van der Waals surface area contributed by atoms with Gasteiger partial charge in [-0.1, -0.05) is 55.5 Å². The highest BCUT2D eigenvalue weighted by Gasteiger charge is 2.25. The number of nitrogens with one attached hydrogen (secondary N) is 1. The molecule has 0 bridgehead atoms. The highest BCUT2D eigenvalue weighted by molar-refractivity contribution is 7.09. The summed E-state index contributed by atoms with van der Waals surface area (Å²) >= 11 is 1.63. The average molecular weight is 450 g/mol. The van der Waals surface area contributed by atoms with Gasteiger partial charge in [0.1, 0.15) is 6.54 Å². The molecular weight excluding hydrogens is 418 g/mol. The average Bonchev–Trinajstić information content (AvgIpc) is 3.30. The van der Waals surface area contributed by atoms with Crippen molar-refractivity contribution < 1.29 is 9.59 Å². The largest absolute Gasteiger partial charge is 0.332 e. The lowest BCUT2D eigenvalue weighted by Crippen LogP contribution is -2.47. The number of amides is 3. The minimum absolute atomic E-state index is 0.0326. The van der Waals surface area contributed by atoms with E-state index in [1.54, 1.807) is 16.2 Å². The van der Waals surface area contributed by atoms with Crippen molar-refractivity contribution in [3.8, 4) is 0 Å². The molecule has 3 aromatic rings. The molecule has 0 aliphatic carbocycles. The normalized spacial score (nSPS) is 11.6. The van der Waals surface area contributed by atoms with E-state index in [1.807, 2.05) is 97.8 Å². The molecule has 0 aliphatic heterocycles. The van der Waals surface area contributed by atoms with Crippen LogP contribution in [0, 0.1) is 6.92 Å². The Hall–Kier alpha value is -3.12. The molecule has 5 nitrogen and oxygen atoms in total. The summed E-state index contributed by atoms with van der Waals surface area (Å²) in [7, 11) is 0. The summed E-state index contributed by atoms with van der Waals surface area (Å²) < 4.78 is 0. The quantitative estimate of drug-likeness (QED) is 0.441. The molecule has 6 heteroatoms. The lowest BCUT2D eigenvalue weighted by atomic mass is 10.2. The van der Waals surface area contributed by atoms with Crippen molar-refractivity contribution in [3.05, 3.63) is 88.1 Å². The van der Waals surface area contributed by atoms with Crippen molar-refractivity contribution in [2.24, 2.45) is 0 Å². The molecule has 1 N–H and O–H groups in total. The molecule has 3 rings (SSSR count). The molecule has 1 heterocycles. The van der Waals surface area contributed by atoms with E-state index in [4.69, 9.17) is 0 Å². The Morgan fingerprint density at radius 2 is 1.78 bits per heavy atom. The third-order valence-electron chi connectivity index (χ3n) is 5.45. The van der Waals surface area contributed by atoms with Gasteiger partial charge in [-0.05, 0) is 55.0 Å². The van der Waals surface area contributed by atoms with Crippen LogP contribution >= 0.6 is 11.3 Å². The van der Waals surface area contributed by atoms with Crippen LogP contribution in [-0.2, 0) is 17.9 Å². The Labute approximate surface area is 194 Å². The van der Waals surface area contributed by atoms with Crippen molar-refractivity contribution in [3.63, 3.8) is 0 Å². The van der Waals surface area contributed by atoms with Crippen LogP contribution in [0.2, 0.25) is 0 Å². The topological polar surface area (TPSA) is 52.7 Å². The SMILES string of the molecule is CCC(C)N(CC(=O)N(Cc1ccccc1)Cc1cccs1)C(=O)Nc1cccc(C)c1. The third kappa shape index (κ3) is 6.69. The van der Waals surface area contributed by atoms with Crippen molar-refractivity contribution in [2.45, 2.75) is 46.3 Å². The zero-order chi connectivity index (χ0) is 22.9. The molecule has 168 valence electrons. The van der Waals surface area contributed by atoms with Gasteiger partial charge in [0.05, 0.1) is 6.54 Å². The first-order valence-electron chi connectivity index (χ1n) is 10.9. The van der Waals surface area contributed by atoms with Crippen LogP contribution in [0.4, 0.5) is 10.5 Å². The van der Waals surface area contributed by atoms with Gasteiger partial charge in [0.25, 0.3) is 0 Å². The molecule has 32 heavy (non-hydrogen) atoms. The number of nitrogens with zero attached hydrogens (tertiary/aromatic N) is 2. The summed E-state index contributed by atoms with van der Waals surface area (Å²) in [4.78, 5) is 31.1. The molecule has 1 unspecified atom stereocenters. The number of aryl methyl sites for hydroxylation is 1. The third-order valence-corrected chi connectivity index (χ3v) is 6.32. The number of urea groups is 1. The number of benzene rings is 2. The standard InChI is InChI=1S/C26H31N3O2S/c1-4-21(3)29(26(31)27-23-13-8-10-20(2)16-23)19-25(30)28(18-24-14-9-15-32-24)17-22-11-6-5-7-12-22/h5-16,21H,4,17-19H2,1-3H3,(H,27,31). The van der Waals surface area contributed by atoms with Gasteiger partial charge in [0.15, 0.2) is 0 Å². The maximum absolute atomic E-state index is 13.4. The van der Waals surface area contributed by atoms with Gasteiger partial charge < -0.3 is 15.1 Å². The number of carbonyl (C=O) groups excluding carboxylic acids is 2. The van der Waals surface area contributed by atoms with E-state index in [2.05, 4.69) is 5.32 Å². The second-order valence-corrected chi connectivity index (χ2v) is 9.03. The van der Waals surface area contributed by atoms with Crippen LogP contribution in [0.5, 0.6) is 0 Å². The molecule has 0 radical (unpaired) electrons. The van der Waals surface area contributed by atoms with Crippen molar-refractivity contribution in [2.75, 3.05) is 11.9 Å². The maximum Gasteiger partial charge on any atom is 0.322 e. The number of thiophene rings is 1. The Kier molecular flexibility index (Phi) is 8.45. The van der Waals surface area contributed by atoms with Crippen LogP contribution in [0.15, 0.2) is 72.1 Å². The number of rotatable bonds is 9.